The van der Waals surface area contributed by atoms with Crippen molar-refractivity contribution in [1.82, 2.24) is 9.97 Å². The van der Waals surface area contributed by atoms with E-state index in [1.54, 1.807) is 7.11 Å². The molecule has 1 aromatic rings. The average molecular weight is 207 g/mol. The number of aromatic nitrogens is 2. The van der Waals surface area contributed by atoms with Gasteiger partial charge in [-0.2, -0.15) is 0 Å². The predicted octanol–water partition coefficient (Wildman–Crippen LogP) is 1.13. The van der Waals surface area contributed by atoms with Crippen LogP contribution < -0.4 is 5.73 Å². The number of anilines is 1. The first-order valence-electron chi connectivity index (χ1n) is 5.44. The number of ether oxygens (including phenoxy) is 1. The van der Waals surface area contributed by atoms with E-state index < -0.39 is 0 Å². The topological polar surface area (TPSA) is 61.0 Å². The van der Waals surface area contributed by atoms with Crippen LogP contribution in [0.1, 0.15) is 29.9 Å². The van der Waals surface area contributed by atoms with Gasteiger partial charge in [-0.15, -0.1) is 0 Å². The Morgan fingerprint density at radius 1 is 1.33 bits per heavy atom. The van der Waals surface area contributed by atoms with E-state index >= 15 is 0 Å². The largest absolute Gasteiger partial charge is 0.385 e. The number of nitrogens with zero attached hydrogens (tertiary/aromatic N) is 2. The van der Waals surface area contributed by atoms with Crippen LogP contribution in [0.4, 0.5) is 5.82 Å². The molecule has 1 aliphatic rings. The maximum Gasteiger partial charge on any atom is 0.131 e. The molecule has 82 valence electrons. The SMILES string of the molecule is COCCCc1nc(N)c2c(n1)CCC2. The molecule has 1 heterocycles. The zero-order valence-corrected chi connectivity index (χ0v) is 9.12. The highest BCUT2D eigenvalue weighted by Crippen LogP contribution is 2.24. The highest BCUT2D eigenvalue weighted by Gasteiger charge is 2.17. The molecule has 4 heteroatoms. The fourth-order valence-electron chi connectivity index (χ4n) is 2.00. The van der Waals surface area contributed by atoms with Gasteiger partial charge in [-0.05, 0) is 25.7 Å². The molecule has 0 saturated heterocycles. The Labute approximate surface area is 89.9 Å². The van der Waals surface area contributed by atoms with Crippen molar-refractivity contribution in [2.75, 3.05) is 19.5 Å². The van der Waals surface area contributed by atoms with E-state index in [9.17, 15) is 0 Å². The molecule has 4 nitrogen and oxygen atoms in total. The van der Waals surface area contributed by atoms with Gasteiger partial charge in [0.2, 0.25) is 0 Å². The van der Waals surface area contributed by atoms with Crippen LogP contribution in [0.15, 0.2) is 0 Å². The summed E-state index contributed by atoms with van der Waals surface area (Å²) in [6, 6.07) is 0. The summed E-state index contributed by atoms with van der Waals surface area (Å²) in [5.74, 6) is 1.55. The monoisotopic (exact) mass is 207 g/mol. The van der Waals surface area contributed by atoms with Crippen LogP contribution in [0.25, 0.3) is 0 Å². The first-order chi connectivity index (χ1) is 7.31. The minimum Gasteiger partial charge on any atom is -0.385 e. The van der Waals surface area contributed by atoms with Crippen LogP contribution in [-0.4, -0.2) is 23.7 Å². The summed E-state index contributed by atoms with van der Waals surface area (Å²) < 4.78 is 5.00. The van der Waals surface area contributed by atoms with Crippen LogP contribution in [0.5, 0.6) is 0 Å². The van der Waals surface area contributed by atoms with Crippen molar-refractivity contribution in [2.45, 2.75) is 32.1 Å². The van der Waals surface area contributed by atoms with Gasteiger partial charge in [-0.25, -0.2) is 9.97 Å². The standard InChI is InChI=1S/C11H17N3O/c1-15-7-3-6-10-13-9-5-2-4-8(9)11(12)14-10/h2-7H2,1H3,(H2,12,13,14). The van der Waals surface area contributed by atoms with Crippen LogP contribution >= 0.6 is 0 Å². The summed E-state index contributed by atoms with van der Waals surface area (Å²) >= 11 is 0. The van der Waals surface area contributed by atoms with E-state index in [0.29, 0.717) is 5.82 Å². The number of nitrogens with two attached hydrogens (primary N) is 1. The van der Waals surface area contributed by atoms with E-state index in [-0.39, 0.29) is 0 Å². The number of hydrogen-bond acceptors (Lipinski definition) is 4. The third-order valence-electron chi connectivity index (χ3n) is 2.76. The molecule has 0 unspecified atom stereocenters. The van der Waals surface area contributed by atoms with Crippen molar-refractivity contribution in [3.8, 4) is 0 Å². The Hall–Kier alpha value is -1.16. The first kappa shape index (κ1) is 10.4. The van der Waals surface area contributed by atoms with Crippen molar-refractivity contribution in [3.63, 3.8) is 0 Å². The molecule has 0 radical (unpaired) electrons. The van der Waals surface area contributed by atoms with Gasteiger partial charge in [-0.1, -0.05) is 0 Å². The quantitative estimate of drug-likeness (QED) is 0.752. The first-order valence-corrected chi connectivity index (χ1v) is 5.44. The molecular formula is C11H17N3O. The number of methoxy groups -OCH3 is 1. The molecule has 0 amide bonds. The maximum atomic E-state index is 5.89. The molecule has 0 spiro atoms. The van der Waals surface area contributed by atoms with Gasteiger partial charge in [0.1, 0.15) is 11.6 Å². The summed E-state index contributed by atoms with van der Waals surface area (Å²) in [5, 5.41) is 0. The Morgan fingerprint density at radius 2 is 2.20 bits per heavy atom. The van der Waals surface area contributed by atoms with Gasteiger partial charge in [-0.3, -0.25) is 0 Å². The smallest absolute Gasteiger partial charge is 0.131 e. The van der Waals surface area contributed by atoms with Gasteiger partial charge in [0.05, 0.1) is 0 Å². The minimum absolute atomic E-state index is 0.685. The second kappa shape index (κ2) is 4.57. The molecule has 0 aromatic carbocycles. The zero-order chi connectivity index (χ0) is 10.7. The second-order valence-electron chi connectivity index (χ2n) is 3.90. The van der Waals surface area contributed by atoms with E-state index in [1.807, 2.05) is 0 Å². The molecular weight excluding hydrogens is 190 g/mol. The summed E-state index contributed by atoms with van der Waals surface area (Å²) in [7, 11) is 1.71. The molecule has 1 aromatic heterocycles. The number of rotatable bonds is 4. The van der Waals surface area contributed by atoms with Gasteiger partial charge < -0.3 is 10.5 Å². The van der Waals surface area contributed by atoms with E-state index in [1.165, 1.54) is 5.56 Å². The number of nitrogen functional groups attached to an aromatic ring is 1. The van der Waals surface area contributed by atoms with Crippen molar-refractivity contribution < 1.29 is 4.74 Å². The Balaban J connectivity index is 2.09. The van der Waals surface area contributed by atoms with Gasteiger partial charge in [0.15, 0.2) is 0 Å². The van der Waals surface area contributed by atoms with E-state index in [0.717, 1.165) is 50.2 Å². The zero-order valence-electron chi connectivity index (χ0n) is 9.12. The molecule has 2 rings (SSSR count). The Kier molecular flexibility index (Phi) is 3.16. The fourth-order valence-corrected chi connectivity index (χ4v) is 2.00. The summed E-state index contributed by atoms with van der Waals surface area (Å²) in [6.07, 6.45) is 5.06. The lowest BCUT2D eigenvalue weighted by Gasteiger charge is -2.06. The fraction of sp³-hybridized carbons (Fsp3) is 0.636. The lowest BCUT2D eigenvalue weighted by atomic mass is 10.2. The highest BCUT2D eigenvalue weighted by molar-refractivity contribution is 5.44. The normalized spacial score (nSPS) is 14.2. The average Bonchev–Trinajstić information content (AvgIpc) is 2.66. The molecule has 15 heavy (non-hydrogen) atoms. The lowest BCUT2D eigenvalue weighted by Crippen LogP contribution is -2.06. The molecule has 0 atom stereocenters. The molecule has 0 bridgehead atoms. The summed E-state index contributed by atoms with van der Waals surface area (Å²) in [4.78, 5) is 8.87. The van der Waals surface area contributed by atoms with Crippen LogP contribution in [0.3, 0.4) is 0 Å². The lowest BCUT2D eigenvalue weighted by molar-refractivity contribution is 0.194. The molecule has 1 aliphatic carbocycles. The van der Waals surface area contributed by atoms with Gasteiger partial charge in [0, 0.05) is 31.4 Å². The summed E-state index contributed by atoms with van der Waals surface area (Å²) in [6.45, 7) is 0.750. The van der Waals surface area contributed by atoms with Crippen molar-refractivity contribution in [3.05, 3.63) is 17.1 Å². The van der Waals surface area contributed by atoms with E-state index in [4.69, 9.17) is 10.5 Å². The number of hydrogen-bond donors (Lipinski definition) is 1. The van der Waals surface area contributed by atoms with Crippen LogP contribution in [0, 0.1) is 0 Å². The van der Waals surface area contributed by atoms with Gasteiger partial charge in [0.25, 0.3) is 0 Å². The predicted molar refractivity (Wildman–Crippen MR) is 58.7 cm³/mol. The number of fused-ring (bicyclic) bond motifs is 1. The van der Waals surface area contributed by atoms with Crippen molar-refractivity contribution in [2.24, 2.45) is 0 Å². The second-order valence-corrected chi connectivity index (χ2v) is 3.90. The minimum atomic E-state index is 0.685. The molecule has 2 N–H and O–H groups in total. The van der Waals surface area contributed by atoms with Crippen LogP contribution in [0.2, 0.25) is 0 Å². The Morgan fingerprint density at radius 3 is 3.00 bits per heavy atom. The summed E-state index contributed by atoms with van der Waals surface area (Å²) in [5.41, 5.74) is 8.23. The third-order valence-corrected chi connectivity index (χ3v) is 2.76. The molecule has 0 saturated carbocycles. The number of aryl methyl sites for hydroxylation is 2. The Bertz CT molecular complexity index is 352. The van der Waals surface area contributed by atoms with Gasteiger partial charge >= 0.3 is 0 Å². The van der Waals surface area contributed by atoms with Crippen molar-refractivity contribution in [1.29, 1.82) is 0 Å². The molecule has 0 aliphatic heterocycles. The molecule has 0 fully saturated rings. The van der Waals surface area contributed by atoms with Crippen molar-refractivity contribution >= 4 is 5.82 Å². The third kappa shape index (κ3) is 2.26. The highest BCUT2D eigenvalue weighted by atomic mass is 16.5. The maximum absolute atomic E-state index is 5.89. The van der Waals surface area contributed by atoms with E-state index in [2.05, 4.69) is 9.97 Å². The van der Waals surface area contributed by atoms with Crippen LogP contribution in [-0.2, 0) is 24.0 Å².